The molecule has 0 fully saturated rings. The molecule has 2 aromatic heterocycles. The van der Waals surface area contributed by atoms with Gasteiger partial charge in [0.15, 0.2) is 11.6 Å². The Bertz CT molecular complexity index is 526. The summed E-state index contributed by atoms with van der Waals surface area (Å²) in [6.45, 7) is 6.71. The summed E-state index contributed by atoms with van der Waals surface area (Å²) < 4.78 is 5.73. The quantitative estimate of drug-likeness (QED) is 0.642. The molecule has 0 bridgehead atoms. The Hall–Kier alpha value is -1.24. The van der Waals surface area contributed by atoms with Crippen molar-refractivity contribution in [1.29, 1.82) is 0 Å². The molecule has 98 valence electrons. The van der Waals surface area contributed by atoms with E-state index >= 15 is 0 Å². The number of aromatic nitrogens is 2. The minimum absolute atomic E-state index is 0.182. The average molecular weight is 266 g/mol. The van der Waals surface area contributed by atoms with Gasteiger partial charge in [-0.25, -0.2) is 15.8 Å². The lowest BCUT2D eigenvalue weighted by Crippen LogP contribution is -2.17. The Morgan fingerprint density at radius 2 is 2.17 bits per heavy atom. The molecule has 0 saturated carbocycles. The van der Waals surface area contributed by atoms with Crippen LogP contribution in [0.4, 0.5) is 5.82 Å². The van der Waals surface area contributed by atoms with Crippen LogP contribution >= 0.6 is 11.3 Å². The molecule has 2 rings (SSSR count). The maximum absolute atomic E-state index is 5.73. The largest absolute Gasteiger partial charge is 0.370 e. The second-order valence-electron chi connectivity index (χ2n) is 4.53. The van der Waals surface area contributed by atoms with Crippen LogP contribution in [-0.2, 0) is 11.3 Å². The number of nitrogens with two attached hydrogens (primary N) is 1. The lowest BCUT2D eigenvalue weighted by atomic mass is 10.1. The number of hydrogen-bond donors (Lipinski definition) is 2. The highest BCUT2D eigenvalue weighted by molar-refractivity contribution is 7.16. The first-order chi connectivity index (χ1) is 8.61. The lowest BCUT2D eigenvalue weighted by Gasteiger charge is -2.16. The van der Waals surface area contributed by atoms with Crippen molar-refractivity contribution in [2.75, 3.05) is 5.43 Å². The molecule has 0 aromatic carbocycles. The lowest BCUT2D eigenvalue weighted by molar-refractivity contribution is 0.0202. The van der Waals surface area contributed by atoms with Crippen LogP contribution in [0.1, 0.15) is 26.6 Å². The van der Waals surface area contributed by atoms with Crippen LogP contribution in [0.2, 0.25) is 0 Å². The topological polar surface area (TPSA) is 73.1 Å². The molecule has 0 saturated heterocycles. The monoisotopic (exact) mass is 266 g/mol. The Kier molecular flexibility index (Phi) is 4.11. The van der Waals surface area contributed by atoms with Gasteiger partial charge in [0.2, 0.25) is 0 Å². The summed E-state index contributed by atoms with van der Waals surface area (Å²) in [7, 11) is 0. The average Bonchev–Trinajstić information content (AvgIpc) is 2.82. The van der Waals surface area contributed by atoms with Crippen molar-refractivity contribution in [2.24, 2.45) is 11.8 Å². The van der Waals surface area contributed by atoms with Gasteiger partial charge >= 0.3 is 0 Å². The number of ether oxygens (including phenoxy) is 1. The van der Waals surface area contributed by atoms with Crippen LogP contribution in [0.25, 0.3) is 10.2 Å². The molecular weight excluding hydrogens is 248 g/mol. The van der Waals surface area contributed by atoms with E-state index in [0.29, 0.717) is 24.2 Å². The predicted octanol–water partition coefficient (Wildman–Crippen LogP) is 2.54. The van der Waals surface area contributed by atoms with Gasteiger partial charge in [-0.1, -0.05) is 13.8 Å². The number of thiophene rings is 1. The van der Waals surface area contributed by atoms with Crippen LogP contribution in [-0.4, -0.2) is 16.1 Å². The smallest absolute Gasteiger partial charge is 0.158 e. The van der Waals surface area contributed by atoms with Crippen LogP contribution in [0.3, 0.4) is 0 Å². The molecule has 2 heterocycles. The molecule has 0 aliphatic carbocycles. The van der Waals surface area contributed by atoms with Gasteiger partial charge in [-0.15, -0.1) is 11.3 Å². The maximum Gasteiger partial charge on any atom is 0.158 e. The molecule has 0 amide bonds. The fourth-order valence-electron chi connectivity index (χ4n) is 1.47. The zero-order valence-electron chi connectivity index (χ0n) is 10.8. The summed E-state index contributed by atoms with van der Waals surface area (Å²) in [5.41, 5.74) is 2.61. The molecule has 2 aromatic rings. The molecule has 3 N–H and O–H groups in total. The van der Waals surface area contributed by atoms with E-state index in [0.717, 1.165) is 10.2 Å². The molecule has 0 aliphatic rings. The molecule has 5 nitrogen and oxygen atoms in total. The standard InChI is InChI=1S/C12H18N4OS/c1-7(2)8(3)17-6-10-14-11(16-13)9-4-5-18-12(9)15-10/h4-5,7-8H,6,13H2,1-3H3,(H,14,15,16). The molecule has 1 unspecified atom stereocenters. The van der Waals surface area contributed by atoms with E-state index in [1.165, 1.54) is 0 Å². The molecule has 1 atom stereocenters. The van der Waals surface area contributed by atoms with E-state index in [9.17, 15) is 0 Å². The zero-order chi connectivity index (χ0) is 13.1. The molecule has 6 heteroatoms. The molecule has 0 spiro atoms. The second kappa shape index (κ2) is 5.60. The second-order valence-corrected chi connectivity index (χ2v) is 5.43. The summed E-state index contributed by atoms with van der Waals surface area (Å²) in [6.07, 6.45) is 0.182. The van der Waals surface area contributed by atoms with E-state index < -0.39 is 0 Å². The van der Waals surface area contributed by atoms with Crippen molar-refractivity contribution in [2.45, 2.75) is 33.5 Å². The number of hydrogen-bond acceptors (Lipinski definition) is 6. The first-order valence-corrected chi connectivity index (χ1v) is 6.82. The Balaban J connectivity index is 2.18. The van der Waals surface area contributed by atoms with Crippen LogP contribution < -0.4 is 11.3 Å². The number of anilines is 1. The zero-order valence-corrected chi connectivity index (χ0v) is 11.6. The fraction of sp³-hybridized carbons (Fsp3) is 0.500. The molecule has 0 radical (unpaired) electrons. The third-order valence-corrected chi connectivity index (χ3v) is 3.73. The highest BCUT2D eigenvalue weighted by Gasteiger charge is 2.11. The Morgan fingerprint density at radius 1 is 1.39 bits per heavy atom. The first kappa shape index (κ1) is 13.2. The van der Waals surface area contributed by atoms with Gasteiger partial charge in [0.25, 0.3) is 0 Å². The van der Waals surface area contributed by atoms with Gasteiger partial charge in [-0.05, 0) is 24.3 Å². The third-order valence-electron chi connectivity index (χ3n) is 2.92. The normalized spacial score (nSPS) is 13.2. The summed E-state index contributed by atoms with van der Waals surface area (Å²) in [4.78, 5) is 9.74. The van der Waals surface area contributed by atoms with Gasteiger partial charge in [-0.2, -0.15) is 0 Å². The van der Waals surface area contributed by atoms with Gasteiger partial charge in [0.1, 0.15) is 11.4 Å². The molecular formula is C12H18N4OS. The molecule has 0 aliphatic heterocycles. The predicted molar refractivity (Wildman–Crippen MR) is 74.3 cm³/mol. The third kappa shape index (κ3) is 2.77. The minimum atomic E-state index is 0.182. The van der Waals surface area contributed by atoms with Crippen LogP contribution in [0.5, 0.6) is 0 Å². The Labute approximate surface area is 110 Å². The van der Waals surface area contributed by atoms with Crippen molar-refractivity contribution in [1.82, 2.24) is 9.97 Å². The first-order valence-electron chi connectivity index (χ1n) is 5.94. The summed E-state index contributed by atoms with van der Waals surface area (Å²) in [5.74, 6) is 7.25. The maximum atomic E-state index is 5.73. The summed E-state index contributed by atoms with van der Waals surface area (Å²) in [5, 5.41) is 2.92. The van der Waals surface area contributed by atoms with Crippen LogP contribution in [0, 0.1) is 5.92 Å². The van der Waals surface area contributed by atoms with Crippen molar-refractivity contribution >= 4 is 27.4 Å². The van der Waals surface area contributed by atoms with Crippen molar-refractivity contribution in [3.63, 3.8) is 0 Å². The van der Waals surface area contributed by atoms with Gasteiger partial charge in [0.05, 0.1) is 11.5 Å². The van der Waals surface area contributed by atoms with Gasteiger partial charge in [-0.3, -0.25) is 0 Å². The van der Waals surface area contributed by atoms with E-state index in [1.807, 2.05) is 11.4 Å². The SMILES string of the molecule is CC(C)C(C)OCc1nc(NN)c2ccsc2n1. The summed E-state index contributed by atoms with van der Waals surface area (Å²) in [6, 6.07) is 1.95. The van der Waals surface area contributed by atoms with Crippen LogP contribution in [0.15, 0.2) is 11.4 Å². The van der Waals surface area contributed by atoms with Crippen molar-refractivity contribution in [3.8, 4) is 0 Å². The number of nitrogens with one attached hydrogen (secondary N) is 1. The van der Waals surface area contributed by atoms with E-state index in [-0.39, 0.29) is 6.10 Å². The van der Waals surface area contributed by atoms with E-state index in [1.54, 1.807) is 11.3 Å². The van der Waals surface area contributed by atoms with Gasteiger partial charge < -0.3 is 10.2 Å². The minimum Gasteiger partial charge on any atom is -0.370 e. The Morgan fingerprint density at radius 3 is 2.83 bits per heavy atom. The molecule has 18 heavy (non-hydrogen) atoms. The number of nitrogen functional groups attached to an aromatic ring is 1. The number of nitrogens with zero attached hydrogens (tertiary/aromatic N) is 2. The highest BCUT2D eigenvalue weighted by Crippen LogP contribution is 2.24. The number of fused-ring (bicyclic) bond motifs is 1. The summed E-state index contributed by atoms with van der Waals surface area (Å²) >= 11 is 1.57. The number of hydrazine groups is 1. The highest BCUT2D eigenvalue weighted by atomic mass is 32.1. The van der Waals surface area contributed by atoms with Gasteiger partial charge in [0, 0.05) is 0 Å². The van der Waals surface area contributed by atoms with E-state index in [2.05, 4.69) is 36.2 Å². The van der Waals surface area contributed by atoms with E-state index in [4.69, 9.17) is 10.6 Å². The van der Waals surface area contributed by atoms with Crippen molar-refractivity contribution in [3.05, 3.63) is 17.3 Å². The van der Waals surface area contributed by atoms with Crippen molar-refractivity contribution < 1.29 is 4.74 Å². The number of rotatable bonds is 5. The fourth-order valence-corrected chi connectivity index (χ4v) is 2.26.